The maximum atomic E-state index is 12.6. The molecule has 1 aliphatic rings. The lowest BCUT2D eigenvalue weighted by atomic mass is 10.2. The molecule has 1 aliphatic heterocycles. The zero-order valence-corrected chi connectivity index (χ0v) is 18.3. The van der Waals surface area contributed by atoms with Crippen LogP contribution in [0.5, 0.6) is 5.75 Å². The number of ether oxygens (including phenoxy) is 2. The van der Waals surface area contributed by atoms with Crippen LogP contribution in [0.15, 0.2) is 48.8 Å². The van der Waals surface area contributed by atoms with Crippen LogP contribution in [0.1, 0.15) is 20.8 Å². The van der Waals surface area contributed by atoms with Gasteiger partial charge in [0, 0.05) is 25.8 Å². The molecule has 7 nitrogen and oxygen atoms in total. The van der Waals surface area contributed by atoms with E-state index in [1.54, 1.807) is 28.6 Å². The molecule has 0 N–H and O–H groups in total. The maximum Gasteiger partial charge on any atom is 0.410 e. The number of para-hydroxylation sites is 1. The summed E-state index contributed by atoms with van der Waals surface area (Å²) in [7, 11) is 0. The Kier molecular flexibility index (Phi) is 5.76. The van der Waals surface area contributed by atoms with E-state index in [1.807, 2.05) is 51.1 Å². The van der Waals surface area contributed by atoms with E-state index in [9.17, 15) is 4.79 Å². The summed E-state index contributed by atoms with van der Waals surface area (Å²) in [5.41, 5.74) is 0.460. The second-order valence-electron chi connectivity index (χ2n) is 8.24. The van der Waals surface area contributed by atoms with Gasteiger partial charge in [-0.25, -0.2) is 9.78 Å². The van der Waals surface area contributed by atoms with Gasteiger partial charge in [-0.3, -0.25) is 4.98 Å². The molecular formula is C22H26N4O3S. The Hall–Kier alpha value is -2.87. The molecule has 1 fully saturated rings. The predicted octanol–water partition coefficient (Wildman–Crippen LogP) is 4.20. The van der Waals surface area contributed by atoms with Crippen LogP contribution in [0, 0.1) is 0 Å². The summed E-state index contributed by atoms with van der Waals surface area (Å²) >= 11 is 1.66. The molecule has 0 saturated carbocycles. The lowest BCUT2D eigenvalue weighted by Gasteiger charge is -2.41. The van der Waals surface area contributed by atoms with E-state index >= 15 is 0 Å². The van der Waals surface area contributed by atoms with Crippen LogP contribution in [0.25, 0.3) is 10.2 Å². The molecule has 1 atom stereocenters. The Morgan fingerprint density at radius 1 is 1.20 bits per heavy atom. The summed E-state index contributed by atoms with van der Waals surface area (Å²) in [5.74, 6) is 0.705. The van der Waals surface area contributed by atoms with E-state index < -0.39 is 5.60 Å². The van der Waals surface area contributed by atoms with E-state index in [-0.39, 0.29) is 12.1 Å². The highest BCUT2D eigenvalue weighted by atomic mass is 32.1. The van der Waals surface area contributed by atoms with Crippen molar-refractivity contribution in [2.24, 2.45) is 0 Å². The number of aromatic nitrogens is 2. The van der Waals surface area contributed by atoms with Crippen LogP contribution in [-0.2, 0) is 4.74 Å². The van der Waals surface area contributed by atoms with Crippen LogP contribution < -0.4 is 9.64 Å². The van der Waals surface area contributed by atoms with Crippen LogP contribution in [0.2, 0.25) is 0 Å². The van der Waals surface area contributed by atoms with Crippen molar-refractivity contribution in [1.82, 2.24) is 14.9 Å². The van der Waals surface area contributed by atoms with Crippen molar-refractivity contribution in [2.45, 2.75) is 32.4 Å². The van der Waals surface area contributed by atoms with Gasteiger partial charge in [0.15, 0.2) is 5.13 Å². The minimum Gasteiger partial charge on any atom is -0.490 e. The standard InChI is InChI=1S/C22H26N4O3S/c1-22(2,3)29-21(27)25-11-12-26(20-24-18-8-4-5-9-19(18)30-20)16(14-25)15-28-17-7-6-10-23-13-17/h4-10,13,16H,11-12,14-15H2,1-3H3. The Balaban J connectivity index is 1.54. The molecule has 3 aromatic rings. The van der Waals surface area contributed by atoms with Gasteiger partial charge in [-0.2, -0.15) is 0 Å². The first kappa shape index (κ1) is 20.4. The number of pyridine rings is 1. The van der Waals surface area contributed by atoms with Crippen molar-refractivity contribution < 1.29 is 14.3 Å². The molecule has 0 spiro atoms. The molecule has 1 unspecified atom stereocenters. The second-order valence-corrected chi connectivity index (χ2v) is 9.25. The van der Waals surface area contributed by atoms with E-state index in [0.717, 1.165) is 15.3 Å². The lowest BCUT2D eigenvalue weighted by Crippen LogP contribution is -2.57. The fourth-order valence-electron chi connectivity index (χ4n) is 3.35. The van der Waals surface area contributed by atoms with Gasteiger partial charge in [-0.1, -0.05) is 23.5 Å². The van der Waals surface area contributed by atoms with Gasteiger partial charge in [-0.15, -0.1) is 0 Å². The van der Waals surface area contributed by atoms with Crippen molar-refractivity contribution in [1.29, 1.82) is 0 Å². The first-order valence-corrected chi connectivity index (χ1v) is 10.8. The first-order valence-electron chi connectivity index (χ1n) is 10.0. The highest BCUT2D eigenvalue weighted by molar-refractivity contribution is 7.22. The summed E-state index contributed by atoms with van der Waals surface area (Å²) in [4.78, 5) is 25.6. The maximum absolute atomic E-state index is 12.6. The van der Waals surface area contributed by atoms with Crippen molar-refractivity contribution >= 4 is 32.8 Å². The number of fused-ring (bicyclic) bond motifs is 1. The Morgan fingerprint density at radius 3 is 2.77 bits per heavy atom. The van der Waals surface area contributed by atoms with Crippen LogP contribution in [0.4, 0.5) is 9.93 Å². The lowest BCUT2D eigenvalue weighted by molar-refractivity contribution is 0.0201. The fourth-order valence-corrected chi connectivity index (χ4v) is 4.41. The third-order valence-electron chi connectivity index (χ3n) is 4.74. The van der Waals surface area contributed by atoms with Crippen LogP contribution >= 0.6 is 11.3 Å². The number of benzene rings is 1. The number of thiazole rings is 1. The molecule has 3 heterocycles. The number of hydrogen-bond donors (Lipinski definition) is 0. The van der Waals surface area contributed by atoms with E-state index in [4.69, 9.17) is 14.5 Å². The number of rotatable bonds is 4. The van der Waals surface area contributed by atoms with Gasteiger partial charge in [0.2, 0.25) is 0 Å². The minimum atomic E-state index is -0.525. The molecule has 1 aromatic carbocycles. The van der Waals surface area contributed by atoms with Crippen molar-refractivity contribution in [3.05, 3.63) is 48.8 Å². The smallest absolute Gasteiger partial charge is 0.410 e. The second kappa shape index (κ2) is 8.47. The summed E-state index contributed by atoms with van der Waals surface area (Å²) in [5, 5.41) is 0.944. The molecule has 1 saturated heterocycles. The molecule has 2 aromatic heterocycles. The fraction of sp³-hybridized carbons (Fsp3) is 0.409. The number of nitrogens with zero attached hydrogens (tertiary/aromatic N) is 4. The molecule has 30 heavy (non-hydrogen) atoms. The van der Waals surface area contributed by atoms with Crippen molar-refractivity contribution in [3.63, 3.8) is 0 Å². The molecule has 0 bridgehead atoms. The van der Waals surface area contributed by atoms with Gasteiger partial charge in [-0.05, 0) is 45.0 Å². The van der Waals surface area contributed by atoms with Crippen LogP contribution in [-0.4, -0.2) is 58.8 Å². The normalized spacial score (nSPS) is 17.2. The van der Waals surface area contributed by atoms with Crippen LogP contribution in [0.3, 0.4) is 0 Å². The number of hydrogen-bond acceptors (Lipinski definition) is 7. The molecule has 8 heteroatoms. The number of anilines is 1. The number of carbonyl (C=O) groups excluding carboxylic acids is 1. The summed E-state index contributed by atoms with van der Waals surface area (Å²) in [6, 6.07) is 11.8. The Morgan fingerprint density at radius 2 is 2.03 bits per heavy atom. The zero-order chi connectivity index (χ0) is 21.1. The summed E-state index contributed by atoms with van der Waals surface area (Å²) in [6.07, 6.45) is 3.11. The Bertz CT molecular complexity index is 969. The van der Waals surface area contributed by atoms with E-state index in [2.05, 4.69) is 16.0 Å². The molecule has 1 amide bonds. The van der Waals surface area contributed by atoms with Gasteiger partial charge in [0.05, 0.1) is 22.5 Å². The van der Waals surface area contributed by atoms with Crippen molar-refractivity contribution in [2.75, 3.05) is 31.1 Å². The summed E-state index contributed by atoms with van der Waals surface area (Å²) in [6.45, 7) is 7.81. The van der Waals surface area contributed by atoms with Crippen molar-refractivity contribution in [3.8, 4) is 5.75 Å². The van der Waals surface area contributed by atoms with Gasteiger partial charge in [0.1, 0.15) is 18.0 Å². The molecule has 4 rings (SSSR count). The highest BCUT2D eigenvalue weighted by Gasteiger charge is 2.34. The van der Waals surface area contributed by atoms with E-state index in [1.165, 1.54) is 0 Å². The highest BCUT2D eigenvalue weighted by Crippen LogP contribution is 2.31. The number of amides is 1. The first-order chi connectivity index (χ1) is 14.4. The topological polar surface area (TPSA) is 67.8 Å². The molecular weight excluding hydrogens is 400 g/mol. The summed E-state index contributed by atoms with van der Waals surface area (Å²) < 4.78 is 12.7. The molecule has 0 aliphatic carbocycles. The van der Waals surface area contributed by atoms with Gasteiger partial charge in [0.25, 0.3) is 0 Å². The third-order valence-corrected chi connectivity index (χ3v) is 5.81. The largest absolute Gasteiger partial charge is 0.490 e. The predicted molar refractivity (Wildman–Crippen MR) is 118 cm³/mol. The third kappa shape index (κ3) is 4.81. The Labute approximate surface area is 180 Å². The molecule has 0 radical (unpaired) electrons. The van der Waals surface area contributed by atoms with Gasteiger partial charge < -0.3 is 19.3 Å². The van der Waals surface area contributed by atoms with E-state index in [0.29, 0.717) is 32.0 Å². The monoisotopic (exact) mass is 426 g/mol. The number of piperazine rings is 1. The SMILES string of the molecule is CC(C)(C)OC(=O)N1CCN(c2nc3ccccc3s2)C(COc2cccnc2)C1. The zero-order valence-electron chi connectivity index (χ0n) is 17.4. The van der Waals surface area contributed by atoms with Gasteiger partial charge >= 0.3 is 6.09 Å². The minimum absolute atomic E-state index is 0.0490. The average Bonchev–Trinajstić information content (AvgIpc) is 3.15. The molecule has 158 valence electrons. The number of carbonyl (C=O) groups is 1. The quantitative estimate of drug-likeness (QED) is 0.623. The average molecular weight is 427 g/mol.